The lowest BCUT2D eigenvalue weighted by Crippen LogP contribution is -2.42. The normalized spacial score (nSPS) is 16.7. The molecule has 0 spiro atoms. The third kappa shape index (κ3) is 4.36. The summed E-state index contributed by atoms with van der Waals surface area (Å²) in [5, 5.41) is 17.7. The highest BCUT2D eigenvalue weighted by Gasteiger charge is 2.35. The molecule has 1 aliphatic heterocycles. The lowest BCUT2D eigenvalue weighted by atomic mass is 9.85. The average molecular weight is 471 g/mol. The molecule has 0 bridgehead atoms. The molecule has 7 nitrogen and oxygen atoms in total. The zero-order chi connectivity index (χ0) is 24.7. The molecular weight excluding hydrogens is 447 g/mol. The number of nitrogens with one attached hydrogen (secondary N) is 3. The van der Waals surface area contributed by atoms with E-state index in [0.717, 1.165) is 6.07 Å². The van der Waals surface area contributed by atoms with Crippen molar-refractivity contribution in [2.75, 3.05) is 18.4 Å². The van der Waals surface area contributed by atoms with Crippen LogP contribution in [-0.2, 0) is 11.8 Å². The number of nitrogens with zero attached hydrogens (tertiary/aromatic N) is 2. The molecule has 2 aromatic heterocycles. The van der Waals surface area contributed by atoms with E-state index in [9.17, 15) is 23.1 Å². The number of aryl methyl sites for hydroxylation is 1. The summed E-state index contributed by atoms with van der Waals surface area (Å²) in [5.74, 6) is 3.08. The second-order valence-electron chi connectivity index (χ2n) is 8.44. The van der Waals surface area contributed by atoms with Gasteiger partial charge in [-0.15, -0.1) is 6.42 Å². The lowest BCUT2D eigenvalue weighted by Gasteiger charge is -2.32. The topological polar surface area (TPSA) is 103 Å². The predicted octanol–water partition coefficient (Wildman–Crippen LogP) is 3.31. The maximum absolute atomic E-state index is 13.4. The number of aromatic amines is 1. The monoisotopic (exact) mass is 471 g/mol. The first-order valence-electron chi connectivity index (χ1n) is 10.8. The van der Waals surface area contributed by atoms with E-state index in [4.69, 9.17) is 6.42 Å². The van der Waals surface area contributed by atoms with E-state index in [-0.39, 0.29) is 28.2 Å². The van der Waals surface area contributed by atoms with E-state index in [1.807, 2.05) is 0 Å². The number of anilines is 1. The van der Waals surface area contributed by atoms with Crippen molar-refractivity contribution >= 4 is 16.9 Å². The molecule has 0 aliphatic carbocycles. The van der Waals surface area contributed by atoms with Crippen LogP contribution in [0.25, 0.3) is 11.0 Å². The molecule has 0 amide bonds. The number of hydrogen-bond donors (Lipinski definition) is 4. The molecule has 1 saturated heterocycles. The van der Waals surface area contributed by atoms with Crippen LogP contribution in [0.2, 0.25) is 0 Å². The Balaban J connectivity index is 1.82. The molecular formula is C24H24F3N5O2. The molecule has 0 radical (unpaired) electrons. The standard InChI is InChI=1S/C24H24F3N5O2/c1-4-19(15-6-5-7-17(13(15)2)24(25,26)27)31-20-16-12-18(23(34)8-10-28-11-9-23)22(33)32-21(16)30-14(3)29-20/h1,5-7,12,19,28,34H,8-11H2,2-3H3,(H2,29,30,31,32,33)/t19-/m1/s1. The Kier molecular flexibility index (Phi) is 6.10. The van der Waals surface area contributed by atoms with Crippen molar-refractivity contribution < 1.29 is 18.3 Å². The Hall–Kier alpha value is -3.42. The maximum atomic E-state index is 13.4. The zero-order valence-electron chi connectivity index (χ0n) is 18.7. The van der Waals surface area contributed by atoms with Gasteiger partial charge in [0, 0.05) is 5.56 Å². The van der Waals surface area contributed by atoms with Gasteiger partial charge >= 0.3 is 6.18 Å². The zero-order valence-corrected chi connectivity index (χ0v) is 18.7. The third-order valence-electron chi connectivity index (χ3n) is 6.19. The minimum atomic E-state index is -4.52. The van der Waals surface area contributed by atoms with Crippen molar-refractivity contribution in [3.63, 3.8) is 0 Å². The van der Waals surface area contributed by atoms with Crippen molar-refractivity contribution in [2.45, 2.75) is 44.5 Å². The van der Waals surface area contributed by atoms with Gasteiger partial charge in [-0.3, -0.25) is 4.79 Å². The Morgan fingerprint density at radius 2 is 1.94 bits per heavy atom. The number of pyridine rings is 1. The number of fused-ring (bicyclic) bond motifs is 1. The minimum absolute atomic E-state index is 0.0126. The van der Waals surface area contributed by atoms with Crippen LogP contribution in [0.15, 0.2) is 29.1 Å². The summed E-state index contributed by atoms with van der Waals surface area (Å²) in [7, 11) is 0. The molecule has 34 heavy (non-hydrogen) atoms. The second kappa shape index (κ2) is 8.74. The molecule has 178 valence electrons. The number of terminal acetylenes is 1. The first kappa shape index (κ1) is 23.7. The number of alkyl halides is 3. The highest BCUT2D eigenvalue weighted by Crippen LogP contribution is 2.36. The Bertz CT molecular complexity index is 1340. The van der Waals surface area contributed by atoms with E-state index in [1.165, 1.54) is 25.1 Å². The summed E-state index contributed by atoms with van der Waals surface area (Å²) in [4.78, 5) is 24.2. The summed E-state index contributed by atoms with van der Waals surface area (Å²) in [6.07, 6.45) is 1.90. The summed E-state index contributed by atoms with van der Waals surface area (Å²) in [6, 6.07) is 4.45. The predicted molar refractivity (Wildman–Crippen MR) is 122 cm³/mol. The molecule has 3 aromatic rings. The van der Waals surface area contributed by atoms with Gasteiger partial charge in [-0.1, -0.05) is 18.1 Å². The largest absolute Gasteiger partial charge is 0.416 e. The Morgan fingerprint density at radius 3 is 2.59 bits per heavy atom. The van der Waals surface area contributed by atoms with Crippen molar-refractivity contribution in [1.82, 2.24) is 20.3 Å². The maximum Gasteiger partial charge on any atom is 0.416 e. The van der Waals surface area contributed by atoms with E-state index in [1.54, 1.807) is 6.92 Å². The molecule has 1 aliphatic rings. The van der Waals surface area contributed by atoms with Crippen LogP contribution in [0, 0.1) is 26.2 Å². The van der Waals surface area contributed by atoms with Gasteiger partial charge < -0.3 is 20.7 Å². The molecule has 1 aromatic carbocycles. The van der Waals surface area contributed by atoms with Crippen molar-refractivity contribution in [3.05, 3.63) is 62.7 Å². The number of hydrogen-bond acceptors (Lipinski definition) is 6. The molecule has 4 rings (SSSR count). The first-order chi connectivity index (χ1) is 16.0. The van der Waals surface area contributed by atoms with Crippen LogP contribution < -0.4 is 16.2 Å². The quantitative estimate of drug-likeness (QED) is 0.436. The van der Waals surface area contributed by atoms with Crippen LogP contribution in [-0.4, -0.2) is 33.1 Å². The molecule has 10 heteroatoms. The van der Waals surface area contributed by atoms with Gasteiger partial charge in [-0.05, 0) is 63.0 Å². The van der Waals surface area contributed by atoms with E-state index in [0.29, 0.717) is 37.1 Å². The fraction of sp³-hybridized carbons (Fsp3) is 0.375. The number of benzene rings is 1. The molecule has 4 N–H and O–H groups in total. The molecule has 3 heterocycles. The minimum Gasteiger partial charge on any atom is -0.385 e. The fourth-order valence-electron chi connectivity index (χ4n) is 4.38. The van der Waals surface area contributed by atoms with Crippen LogP contribution in [0.5, 0.6) is 0 Å². The van der Waals surface area contributed by atoms with Crippen LogP contribution in [0.3, 0.4) is 0 Å². The fourth-order valence-corrected chi connectivity index (χ4v) is 4.38. The summed E-state index contributed by atoms with van der Waals surface area (Å²) < 4.78 is 40.3. The Labute approximate surface area is 193 Å². The highest BCUT2D eigenvalue weighted by atomic mass is 19.4. The van der Waals surface area contributed by atoms with Gasteiger partial charge in [0.2, 0.25) is 0 Å². The number of aliphatic hydroxyl groups is 1. The van der Waals surface area contributed by atoms with Gasteiger partial charge in [0.05, 0.1) is 16.6 Å². The Morgan fingerprint density at radius 1 is 1.24 bits per heavy atom. The van der Waals surface area contributed by atoms with E-state index >= 15 is 0 Å². The summed E-state index contributed by atoms with van der Waals surface area (Å²) >= 11 is 0. The first-order valence-corrected chi connectivity index (χ1v) is 10.8. The number of piperidine rings is 1. The summed E-state index contributed by atoms with van der Waals surface area (Å²) in [5.41, 5.74) is -1.83. The third-order valence-corrected chi connectivity index (χ3v) is 6.19. The number of aromatic nitrogens is 3. The number of halogens is 3. The smallest absolute Gasteiger partial charge is 0.385 e. The molecule has 0 unspecified atom stereocenters. The van der Waals surface area contributed by atoms with Crippen molar-refractivity contribution in [3.8, 4) is 12.3 Å². The van der Waals surface area contributed by atoms with Gasteiger partial charge in [0.25, 0.3) is 5.56 Å². The number of H-pyrrole nitrogens is 1. The van der Waals surface area contributed by atoms with Gasteiger partial charge in [0.1, 0.15) is 23.3 Å². The van der Waals surface area contributed by atoms with Gasteiger partial charge in [-0.25, -0.2) is 9.97 Å². The lowest BCUT2D eigenvalue weighted by molar-refractivity contribution is -0.138. The van der Waals surface area contributed by atoms with Crippen molar-refractivity contribution in [2.24, 2.45) is 0 Å². The van der Waals surface area contributed by atoms with Crippen molar-refractivity contribution in [1.29, 1.82) is 0 Å². The van der Waals surface area contributed by atoms with Crippen LogP contribution >= 0.6 is 0 Å². The molecule has 0 saturated carbocycles. The average Bonchev–Trinajstić information content (AvgIpc) is 2.76. The number of rotatable bonds is 4. The van der Waals surface area contributed by atoms with Gasteiger partial charge in [-0.2, -0.15) is 13.2 Å². The summed E-state index contributed by atoms with van der Waals surface area (Å²) in [6.45, 7) is 4.10. The highest BCUT2D eigenvalue weighted by molar-refractivity contribution is 5.87. The second-order valence-corrected chi connectivity index (χ2v) is 8.44. The van der Waals surface area contributed by atoms with E-state index < -0.39 is 28.9 Å². The van der Waals surface area contributed by atoms with E-state index in [2.05, 4.69) is 31.5 Å². The SMILES string of the molecule is C#C[C@@H](Nc1nc(C)nc2[nH]c(=O)c(C3(O)CCNCC3)cc12)c1cccc(C(F)(F)F)c1C. The van der Waals surface area contributed by atoms with Crippen LogP contribution in [0.1, 0.15) is 47.0 Å². The molecule has 1 fully saturated rings. The van der Waals surface area contributed by atoms with Gasteiger partial charge in [0.15, 0.2) is 0 Å². The molecule has 1 atom stereocenters. The van der Waals surface area contributed by atoms with Crippen LogP contribution in [0.4, 0.5) is 19.0 Å².